The molecule has 4 unspecified atom stereocenters. The lowest BCUT2D eigenvalue weighted by atomic mass is 9.79. The quantitative estimate of drug-likeness (QED) is 0.437. The van der Waals surface area contributed by atoms with Crippen molar-refractivity contribution in [2.45, 2.75) is 37.0 Å². The van der Waals surface area contributed by atoms with Gasteiger partial charge in [-0.2, -0.15) is 4.99 Å². The normalized spacial score (nSPS) is 31.7. The summed E-state index contributed by atoms with van der Waals surface area (Å²) in [5.74, 6) is -2.11. The molecular formula is C14H17F4N5. The van der Waals surface area contributed by atoms with Gasteiger partial charge in [-0.15, -0.1) is 0 Å². The van der Waals surface area contributed by atoms with E-state index in [1.807, 2.05) is 0 Å². The average molecular weight is 331 g/mol. The van der Waals surface area contributed by atoms with Gasteiger partial charge < -0.3 is 17.2 Å². The van der Waals surface area contributed by atoms with Crippen LogP contribution in [-0.2, 0) is 0 Å². The highest BCUT2D eigenvalue weighted by Gasteiger charge is 2.47. The fourth-order valence-corrected chi connectivity index (χ4v) is 2.56. The van der Waals surface area contributed by atoms with Crippen LogP contribution in [0.4, 0.5) is 23.2 Å². The Morgan fingerprint density at radius 2 is 1.61 bits per heavy atom. The largest absolute Gasteiger partial charge is 0.370 e. The van der Waals surface area contributed by atoms with E-state index in [-0.39, 0.29) is 23.2 Å². The molecule has 0 spiro atoms. The number of halogens is 4. The fraction of sp³-hybridized carbons (Fsp3) is 0.429. The average Bonchev–Trinajstić information content (AvgIpc) is 2.45. The molecule has 6 N–H and O–H groups in total. The van der Waals surface area contributed by atoms with E-state index in [0.29, 0.717) is 0 Å². The van der Waals surface area contributed by atoms with Crippen LogP contribution in [0.25, 0.3) is 0 Å². The molecule has 2 rings (SSSR count). The summed E-state index contributed by atoms with van der Waals surface area (Å²) in [5, 5.41) is 0. The molecule has 126 valence electrons. The van der Waals surface area contributed by atoms with E-state index >= 15 is 0 Å². The van der Waals surface area contributed by atoms with Gasteiger partial charge in [0.1, 0.15) is 24.7 Å². The van der Waals surface area contributed by atoms with Crippen LogP contribution in [-0.4, -0.2) is 36.6 Å². The molecule has 23 heavy (non-hydrogen) atoms. The van der Waals surface area contributed by atoms with Gasteiger partial charge in [-0.05, 0) is 17.7 Å². The number of nitrogens with zero attached hydrogens (tertiary/aromatic N) is 2. The fourth-order valence-electron chi connectivity index (χ4n) is 2.56. The SMILES string of the molecule is NC(N)=NC(N)=Nc1cccc(C2C(F)C(F)CC(F)C2F)c1. The van der Waals surface area contributed by atoms with Crippen LogP contribution in [0.3, 0.4) is 0 Å². The Kier molecular flexibility index (Phi) is 5.07. The zero-order valence-corrected chi connectivity index (χ0v) is 12.0. The minimum atomic E-state index is -2.13. The van der Waals surface area contributed by atoms with Crippen LogP contribution in [0, 0.1) is 0 Å². The number of benzene rings is 1. The highest BCUT2D eigenvalue weighted by Crippen LogP contribution is 2.41. The van der Waals surface area contributed by atoms with Crippen LogP contribution < -0.4 is 17.2 Å². The van der Waals surface area contributed by atoms with Crippen molar-refractivity contribution < 1.29 is 17.6 Å². The topological polar surface area (TPSA) is 103 Å². The van der Waals surface area contributed by atoms with Crippen LogP contribution >= 0.6 is 0 Å². The van der Waals surface area contributed by atoms with Crippen molar-refractivity contribution in [1.82, 2.24) is 0 Å². The summed E-state index contributed by atoms with van der Waals surface area (Å²) in [6.45, 7) is 0. The Balaban J connectivity index is 2.33. The van der Waals surface area contributed by atoms with Crippen molar-refractivity contribution in [2.24, 2.45) is 27.2 Å². The first-order chi connectivity index (χ1) is 10.8. The Bertz CT molecular complexity index is 603. The molecule has 0 aliphatic heterocycles. The van der Waals surface area contributed by atoms with Gasteiger partial charge in [0.15, 0.2) is 5.96 Å². The molecule has 1 aromatic rings. The molecule has 1 fully saturated rings. The second-order valence-electron chi connectivity index (χ2n) is 5.28. The summed E-state index contributed by atoms with van der Waals surface area (Å²) in [6.07, 6.45) is -9.16. The highest BCUT2D eigenvalue weighted by molar-refractivity contribution is 5.93. The lowest BCUT2D eigenvalue weighted by molar-refractivity contribution is -0.00569. The lowest BCUT2D eigenvalue weighted by Crippen LogP contribution is -2.43. The van der Waals surface area contributed by atoms with E-state index in [2.05, 4.69) is 9.98 Å². The molecule has 1 aromatic carbocycles. The first-order valence-corrected chi connectivity index (χ1v) is 6.89. The van der Waals surface area contributed by atoms with Gasteiger partial charge in [-0.25, -0.2) is 22.6 Å². The summed E-state index contributed by atoms with van der Waals surface area (Å²) in [5.41, 5.74) is 16.1. The Hall–Kier alpha value is -2.32. The standard InChI is InChI=1S/C14H17F4N5/c15-8-5-9(16)12(18)10(11(8)17)6-2-1-3-7(4-6)22-14(21)23-13(19)20/h1-4,8-12H,5H2,(H6,19,20,21,22,23). The zero-order chi connectivity index (χ0) is 17.1. The first kappa shape index (κ1) is 17.0. The summed E-state index contributed by atoms with van der Waals surface area (Å²) >= 11 is 0. The Morgan fingerprint density at radius 1 is 1.00 bits per heavy atom. The molecule has 4 atom stereocenters. The van der Waals surface area contributed by atoms with E-state index in [9.17, 15) is 17.6 Å². The minimum Gasteiger partial charge on any atom is -0.370 e. The van der Waals surface area contributed by atoms with Gasteiger partial charge in [0.25, 0.3) is 0 Å². The maximum atomic E-state index is 14.0. The third kappa shape index (κ3) is 3.91. The van der Waals surface area contributed by atoms with Gasteiger partial charge in [-0.1, -0.05) is 12.1 Å². The van der Waals surface area contributed by atoms with E-state index in [4.69, 9.17) is 17.2 Å². The predicted octanol–water partition coefficient (Wildman–Crippen LogP) is 1.75. The van der Waals surface area contributed by atoms with Crippen LogP contribution in [0.1, 0.15) is 17.9 Å². The number of nitrogens with two attached hydrogens (primary N) is 3. The van der Waals surface area contributed by atoms with Crippen LogP contribution in [0.2, 0.25) is 0 Å². The smallest absolute Gasteiger partial charge is 0.223 e. The highest BCUT2D eigenvalue weighted by atomic mass is 19.2. The summed E-state index contributed by atoms with van der Waals surface area (Å²) in [4.78, 5) is 7.36. The molecule has 1 aliphatic carbocycles. The summed E-state index contributed by atoms with van der Waals surface area (Å²) in [7, 11) is 0. The molecule has 0 amide bonds. The molecule has 0 saturated heterocycles. The van der Waals surface area contributed by atoms with E-state index < -0.39 is 37.0 Å². The first-order valence-electron chi connectivity index (χ1n) is 6.89. The molecule has 1 aliphatic rings. The molecule has 0 radical (unpaired) electrons. The van der Waals surface area contributed by atoms with Crippen molar-refractivity contribution >= 4 is 17.6 Å². The maximum absolute atomic E-state index is 14.0. The lowest BCUT2D eigenvalue weighted by Gasteiger charge is -2.34. The number of guanidine groups is 2. The van der Waals surface area contributed by atoms with Gasteiger partial charge in [0, 0.05) is 6.42 Å². The summed E-state index contributed by atoms with van der Waals surface area (Å²) in [6, 6.07) is 5.61. The third-order valence-electron chi connectivity index (χ3n) is 3.57. The number of hydrogen-bond acceptors (Lipinski definition) is 1. The van der Waals surface area contributed by atoms with Gasteiger partial charge in [0.05, 0.1) is 11.6 Å². The Labute approximate surface area is 130 Å². The van der Waals surface area contributed by atoms with Gasteiger partial charge in [-0.3, -0.25) is 0 Å². The zero-order valence-electron chi connectivity index (χ0n) is 12.0. The van der Waals surface area contributed by atoms with Crippen molar-refractivity contribution in [2.75, 3.05) is 0 Å². The third-order valence-corrected chi connectivity index (χ3v) is 3.57. The number of aliphatic imine (C=N–C) groups is 2. The number of alkyl halides is 4. The van der Waals surface area contributed by atoms with Crippen molar-refractivity contribution in [1.29, 1.82) is 0 Å². The second-order valence-corrected chi connectivity index (χ2v) is 5.28. The van der Waals surface area contributed by atoms with Crippen molar-refractivity contribution in [3.8, 4) is 0 Å². The van der Waals surface area contributed by atoms with E-state index in [1.54, 1.807) is 0 Å². The van der Waals surface area contributed by atoms with E-state index in [0.717, 1.165) is 0 Å². The van der Waals surface area contributed by atoms with Crippen LogP contribution in [0.5, 0.6) is 0 Å². The maximum Gasteiger partial charge on any atom is 0.223 e. The molecule has 1 saturated carbocycles. The molecule has 0 aromatic heterocycles. The monoisotopic (exact) mass is 331 g/mol. The van der Waals surface area contributed by atoms with Gasteiger partial charge in [0.2, 0.25) is 5.96 Å². The molecule has 9 heteroatoms. The number of hydrogen-bond donors (Lipinski definition) is 3. The Morgan fingerprint density at radius 3 is 2.17 bits per heavy atom. The minimum absolute atomic E-state index is 0.0914. The second kappa shape index (κ2) is 6.84. The van der Waals surface area contributed by atoms with Crippen molar-refractivity contribution in [3.05, 3.63) is 29.8 Å². The number of rotatable bonds is 2. The predicted molar refractivity (Wildman–Crippen MR) is 80.5 cm³/mol. The molecular weight excluding hydrogens is 314 g/mol. The van der Waals surface area contributed by atoms with Crippen LogP contribution in [0.15, 0.2) is 34.3 Å². The van der Waals surface area contributed by atoms with E-state index in [1.165, 1.54) is 24.3 Å². The molecule has 0 bridgehead atoms. The molecule has 0 heterocycles. The van der Waals surface area contributed by atoms with Gasteiger partial charge >= 0.3 is 0 Å². The van der Waals surface area contributed by atoms with Crippen molar-refractivity contribution in [3.63, 3.8) is 0 Å². The summed E-state index contributed by atoms with van der Waals surface area (Å²) < 4.78 is 55.1. The molecule has 5 nitrogen and oxygen atoms in total.